The lowest BCUT2D eigenvalue weighted by Crippen LogP contribution is -2.60. The highest BCUT2D eigenvalue weighted by Crippen LogP contribution is 2.37. The zero-order valence-electron chi connectivity index (χ0n) is 11.8. The summed E-state index contributed by atoms with van der Waals surface area (Å²) in [7, 11) is -0.882. The summed E-state index contributed by atoms with van der Waals surface area (Å²) in [5.74, 6) is 0. The molecule has 110 valence electrons. The van der Waals surface area contributed by atoms with Crippen LogP contribution in [-0.2, 0) is 9.09 Å². The molecule has 1 unspecified atom stereocenters. The number of phosphoric acid groups is 1. The first-order valence-electron chi connectivity index (χ1n) is 6.27. The van der Waals surface area contributed by atoms with Crippen LogP contribution in [0.5, 0.6) is 0 Å². The summed E-state index contributed by atoms with van der Waals surface area (Å²) in [6, 6.07) is 0. The number of likely N-dealkylation sites (N-methyl/N-ethyl adjacent to an activating group) is 1. The number of phosphoric ester groups is 1. The number of unbranched alkanes of at least 4 members (excludes halogenated alkanes) is 3. The largest absolute Gasteiger partial charge is 0.469 e. The van der Waals surface area contributed by atoms with Gasteiger partial charge in [0.05, 0.1) is 20.6 Å². The van der Waals surface area contributed by atoms with Crippen molar-refractivity contribution in [3.05, 3.63) is 0 Å². The highest BCUT2D eigenvalue weighted by atomic mass is 31.2. The van der Waals surface area contributed by atoms with Crippen LogP contribution in [-0.4, -0.2) is 52.3 Å². The van der Waals surface area contributed by atoms with Crippen LogP contribution in [0, 0.1) is 0 Å². The summed E-state index contributed by atoms with van der Waals surface area (Å²) in [5, 5.41) is 10.3. The van der Waals surface area contributed by atoms with Crippen LogP contribution in [0.4, 0.5) is 0 Å². The number of hydrogen-bond donors (Lipinski definition) is 3. The Hall–Kier alpha value is 0.0300. The van der Waals surface area contributed by atoms with Gasteiger partial charge in [-0.2, -0.15) is 0 Å². The summed E-state index contributed by atoms with van der Waals surface area (Å²) in [4.78, 5) is 17.3. The predicted octanol–water partition coefficient (Wildman–Crippen LogP) is 1.46. The maximum atomic E-state index is 10.7. The molecule has 0 aliphatic carbocycles. The smallest absolute Gasteiger partial charge is 0.341 e. The van der Waals surface area contributed by atoms with Crippen molar-refractivity contribution < 1.29 is 28.5 Å². The first-order chi connectivity index (χ1) is 8.02. The van der Waals surface area contributed by atoms with E-state index in [1.807, 2.05) is 14.1 Å². The van der Waals surface area contributed by atoms with Crippen molar-refractivity contribution in [2.75, 3.05) is 27.2 Å². The second kappa shape index (κ2) is 6.98. The van der Waals surface area contributed by atoms with Crippen molar-refractivity contribution in [1.29, 1.82) is 0 Å². The van der Waals surface area contributed by atoms with Gasteiger partial charge in [0.2, 0.25) is 5.72 Å². The normalized spacial score (nSPS) is 16.6. The number of aliphatic hydroxyl groups is 1. The van der Waals surface area contributed by atoms with E-state index < -0.39 is 20.2 Å². The van der Waals surface area contributed by atoms with Crippen LogP contribution in [0.25, 0.3) is 0 Å². The Morgan fingerprint density at radius 3 is 2.22 bits per heavy atom. The Morgan fingerprint density at radius 2 is 1.78 bits per heavy atom. The Kier molecular flexibility index (Phi) is 7.00. The second-order valence-electron chi connectivity index (χ2n) is 5.45. The average Bonchev–Trinajstić information content (AvgIpc) is 2.21. The molecule has 0 spiro atoms. The summed E-state index contributed by atoms with van der Waals surface area (Å²) < 4.78 is 15.3. The third-order valence-corrected chi connectivity index (χ3v) is 3.85. The Bertz CT molecular complexity index is 287. The van der Waals surface area contributed by atoms with E-state index in [0.717, 1.165) is 32.2 Å². The van der Waals surface area contributed by atoms with Gasteiger partial charge in [-0.3, -0.25) is 9.01 Å². The van der Waals surface area contributed by atoms with Gasteiger partial charge in [-0.1, -0.05) is 19.8 Å². The van der Waals surface area contributed by atoms with Crippen molar-refractivity contribution in [2.24, 2.45) is 0 Å². The molecule has 0 rings (SSSR count). The topological polar surface area (TPSA) is 87.0 Å². The second-order valence-corrected chi connectivity index (χ2v) is 6.69. The van der Waals surface area contributed by atoms with Crippen molar-refractivity contribution in [3.8, 4) is 0 Å². The van der Waals surface area contributed by atoms with E-state index in [1.54, 1.807) is 0 Å². The Balaban J connectivity index is 4.31. The zero-order valence-corrected chi connectivity index (χ0v) is 12.7. The molecule has 7 heteroatoms. The predicted molar refractivity (Wildman–Crippen MR) is 69.7 cm³/mol. The fourth-order valence-corrected chi connectivity index (χ4v) is 1.97. The van der Waals surface area contributed by atoms with Crippen molar-refractivity contribution in [3.63, 3.8) is 0 Å². The van der Waals surface area contributed by atoms with Crippen molar-refractivity contribution >= 4 is 7.82 Å². The quantitative estimate of drug-likeness (QED) is 0.258. The molecule has 0 saturated heterocycles. The third kappa shape index (κ3) is 6.83. The fraction of sp³-hybridized carbons (Fsp3) is 1.00. The van der Waals surface area contributed by atoms with Gasteiger partial charge in [-0.05, 0) is 12.8 Å². The zero-order chi connectivity index (χ0) is 14.4. The lowest BCUT2D eigenvalue weighted by Gasteiger charge is -2.42. The first kappa shape index (κ1) is 18.0. The molecule has 1 atom stereocenters. The van der Waals surface area contributed by atoms with Crippen molar-refractivity contribution in [1.82, 2.24) is 0 Å². The molecule has 0 bridgehead atoms. The minimum atomic E-state index is -4.54. The molecule has 0 aromatic heterocycles. The van der Waals surface area contributed by atoms with Gasteiger partial charge in [0, 0.05) is 6.92 Å². The SMILES string of the molecule is CCCCCC[N+](C)(C)C(C)(O)COP(=O)(O)O. The molecule has 0 aliphatic rings. The summed E-state index contributed by atoms with van der Waals surface area (Å²) in [5.41, 5.74) is -1.33. The summed E-state index contributed by atoms with van der Waals surface area (Å²) in [6.45, 7) is 4.00. The van der Waals surface area contributed by atoms with Gasteiger partial charge in [0.15, 0.2) is 0 Å². The fourth-order valence-electron chi connectivity index (χ4n) is 1.56. The van der Waals surface area contributed by atoms with Crippen LogP contribution in [0.1, 0.15) is 39.5 Å². The molecule has 3 N–H and O–H groups in total. The summed E-state index contributed by atoms with van der Waals surface area (Å²) >= 11 is 0. The minimum absolute atomic E-state index is 0.247. The van der Waals surface area contributed by atoms with Gasteiger partial charge in [0.1, 0.15) is 6.61 Å². The maximum absolute atomic E-state index is 10.7. The van der Waals surface area contributed by atoms with Crippen LogP contribution in [0.2, 0.25) is 0 Å². The molecule has 0 radical (unpaired) electrons. The van der Waals surface area contributed by atoms with Crippen LogP contribution in [0.15, 0.2) is 0 Å². The van der Waals surface area contributed by atoms with E-state index in [0.29, 0.717) is 0 Å². The van der Waals surface area contributed by atoms with Crippen molar-refractivity contribution in [2.45, 2.75) is 45.3 Å². The van der Waals surface area contributed by atoms with E-state index in [-0.39, 0.29) is 4.48 Å². The lowest BCUT2D eigenvalue weighted by atomic mass is 10.1. The number of rotatable bonds is 9. The molecular formula is C11H27NO5P+. The number of nitrogens with zero attached hydrogens (tertiary/aromatic N) is 1. The van der Waals surface area contributed by atoms with E-state index in [9.17, 15) is 9.67 Å². The third-order valence-electron chi connectivity index (χ3n) is 3.38. The minimum Gasteiger partial charge on any atom is -0.341 e. The van der Waals surface area contributed by atoms with Gasteiger partial charge < -0.3 is 14.9 Å². The molecule has 0 fully saturated rings. The molecule has 0 aliphatic heterocycles. The molecule has 6 nitrogen and oxygen atoms in total. The molecular weight excluding hydrogens is 257 g/mol. The van der Waals surface area contributed by atoms with Gasteiger partial charge >= 0.3 is 7.82 Å². The van der Waals surface area contributed by atoms with Crippen LogP contribution < -0.4 is 0 Å². The summed E-state index contributed by atoms with van der Waals surface area (Å²) in [6.07, 6.45) is 4.35. The number of quaternary nitrogens is 1. The molecule has 18 heavy (non-hydrogen) atoms. The van der Waals surface area contributed by atoms with Gasteiger partial charge in [-0.15, -0.1) is 0 Å². The van der Waals surface area contributed by atoms with E-state index in [4.69, 9.17) is 9.79 Å². The average molecular weight is 284 g/mol. The highest BCUT2D eigenvalue weighted by molar-refractivity contribution is 7.46. The standard InChI is InChI=1S/C11H26NO5P/c1-5-6-7-8-9-12(3,4)11(2,13)10-17-18(14,15)16/h13H,5-10H2,1-4H3,(H-,14,15,16)/p+1. The van der Waals surface area contributed by atoms with Gasteiger partial charge in [-0.25, -0.2) is 4.57 Å². The van der Waals surface area contributed by atoms with E-state index >= 15 is 0 Å². The lowest BCUT2D eigenvalue weighted by molar-refractivity contribution is -0.965. The highest BCUT2D eigenvalue weighted by Gasteiger charge is 2.40. The first-order valence-corrected chi connectivity index (χ1v) is 7.80. The number of hydrogen-bond acceptors (Lipinski definition) is 3. The Morgan fingerprint density at radius 1 is 1.22 bits per heavy atom. The van der Waals surface area contributed by atoms with E-state index in [1.165, 1.54) is 6.92 Å². The monoisotopic (exact) mass is 284 g/mol. The molecule has 0 aromatic rings. The molecule has 0 aromatic carbocycles. The van der Waals surface area contributed by atoms with E-state index in [2.05, 4.69) is 11.4 Å². The molecule has 0 heterocycles. The van der Waals surface area contributed by atoms with Crippen LogP contribution >= 0.6 is 7.82 Å². The van der Waals surface area contributed by atoms with Crippen LogP contribution in [0.3, 0.4) is 0 Å². The molecule has 0 amide bonds. The Labute approximate surface area is 109 Å². The molecule has 0 saturated carbocycles. The maximum Gasteiger partial charge on any atom is 0.469 e. The van der Waals surface area contributed by atoms with Gasteiger partial charge in [0.25, 0.3) is 0 Å².